The summed E-state index contributed by atoms with van der Waals surface area (Å²) in [5.74, 6) is 0.423. The molecule has 0 spiro atoms. The van der Waals surface area contributed by atoms with Crippen LogP contribution < -0.4 is 0 Å². The largest absolute Gasteiger partial charge is 0.461 e. The van der Waals surface area contributed by atoms with Crippen molar-refractivity contribution in [1.82, 2.24) is 5.01 Å². The number of allylic oxidation sites excluding steroid dienone is 1. The highest BCUT2D eigenvalue weighted by Crippen LogP contribution is 2.27. The maximum atomic E-state index is 12.7. The molecule has 0 aromatic rings. The van der Waals surface area contributed by atoms with Crippen LogP contribution in [0.5, 0.6) is 0 Å². The molecule has 3 fully saturated rings. The molecule has 27 heavy (non-hydrogen) atoms. The number of ether oxygens (including phenoxy) is 2. The normalized spacial score (nSPS) is 28.9. The predicted molar refractivity (Wildman–Crippen MR) is 108 cm³/mol. The van der Waals surface area contributed by atoms with Crippen molar-refractivity contribution in [2.45, 2.75) is 76.7 Å². The lowest BCUT2D eigenvalue weighted by Gasteiger charge is -2.27. The summed E-state index contributed by atoms with van der Waals surface area (Å²) < 4.78 is 10.9. The van der Waals surface area contributed by atoms with Gasteiger partial charge in [-0.05, 0) is 50.9 Å². The molecule has 5 heteroatoms. The SMILES string of the molecule is COC[C@@H]1CCCN1/N=C1\CCCCC1C(=O)OC/C=C/C1CCCCC1. The van der Waals surface area contributed by atoms with Crippen LogP contribution >= 0.6 is 0 Å². The van der Waals surface area contributed by atoms with Crippen molar-refractivity contribution in [2.75, 3.05) is 26.9 Å². The van der Waals surface area contributed by atoms with E-state index in [1.54, 1.807) is 7.11 Å². The molecule has 0 radical (unpaired) electrons. The molecular weight excluding hydrogens is 340 g/mol. The molecule has 1 heterocycles. The fourth-order valence-corrected chi connectivity index (χ4v) is 4.65. The number of hydrazone groups is 1. The third kappa shape index (κ3) is 6.06. The van der Waals surface area contributed by atoms with E-state index in [0.29, 0.717) is 25.2 Å². The second kappa shape index (κ2) is 10.8. The number of esters is 1. The number of hydrogen-bond donors (Lipinski definition) is 0. The number of carbonyl (C=O) groups is 1. The van der Waals surface area contributed by atoms with Gasteiger partial charge >= 0.3 is 5.97 Å². The third-order valence-corrected chi connectivity index (χ3v) is 6.20. The Kier molecular flexibility index (Phi) is 8.18. The van der Waals surface area contributed by atoms with E-state index in [2.05, 4.69) is 11.1 Å². The average molecular weight is 377 g/mol. The fraction of sp³-hybridized carbons (Fsp3) is 0.818. The maximum Gasteiger partial charge on any atom is 0.315 e. The Bertz CT molecular complexity index is 526. The van der Waals surface area contributed by atoms with Gasteiger partial charge in [-0.15, -0.1) is 0 Å². The number of hydrogen-bond acceptors (Lipinski definition) is 5. The van der Waals surface area contributed by atoms with Gasteiger partial charge in [0.05, 0.1) is 24.3 Å². The minimum absolute atomic E-state index is 0.0933. The molecule has 0 aromatic heterocycles. The molecule has 2 saturated carbocycles. The van der Waals surface area contributed by atoms with Crippen LogP contribution in [-0.2, 0) is 14.3 Å². The van der Waals surface area contributed by atoms with Crippen LogP contribution in [0.25, 0.3) is 0 Å². The summed E-state index contributed by atoms with van der Waals surface area (Å²) in [6.07, 6.45) is 17.1. The van der Waals surface area contributed by atoms with E-state index in [4.69, 9.17) is 14.6 Å². The summed E-state index contributed by atoms with van der Waals surface area (Å²) >= 11 is 0. The molecule has 1 unspecified atom stereocenters. The van der Waals surface area contributed by atoms with Crippen LogP contribution in [-0.4, -0.2) is 49.6 Å². The number of rotatable bonds is 7. The van der Waals surface area contributed by atoms with Crippen molar-refractivity contribution in [2.24, 2.45) is 16.9 Å². The summed E-state index contributed by atoms with van der Waals surface area (Å²) in [4.78, 5) is 12.7. The molecule has 5 nitrogen and oxygen atoms in total. The van der Waals surface area contributed by atoms with E-state index in [9.17, 15) is 4.79 Å². The zero-order chi connectivity index (χ0) is 18.9. The smallest absolute Gasteiger partial charge is 0.315 e. The van der Waals surface area contributed by atoms with E-state index in [-0.39, 0.29) is 11.9 Å². The molecule has 0 amide bonds. The molecular formula is C22H36N2O3. The van der Waals surface area contributed by atoms with Gasteiger partial charge < -0.3 is 9.47 Å². The average Bonchev–Trinajstić information content (AvgIpc) is 3.13. The minimum atomic E-state index is -0.161. The first-order valence-corrected chi connectivity index (χ1v) is 10.9. The van der Waals surface area contributed by atoms with E-state index >= 15 is 0 Å². The van der Waals surface area contributed by atoms with Gasteiger partial charge in [-0.2, -0.15) is 5.10 Å². The molecule has 2 atom stereocenters. The summed E-state index contributed by atoms with van der Waals surface area (Å²) in [6.45, 7) is 2.07. The first-order valence-electron chi connectivity index (χ1n) is 10.9. The molecule has 3 rings (SSSR count). The Morgan fingerprint density at radius 3 is 2.74 bits per heavy atom. The molecule has 1 aliphatic heterocycles. The summed E-state index contributed by atoms with van der Waals surface area (Å²) in [7, 11) is 1.74. The first kappa shape index (κ1) is 20.4. The number of carbonyl (C=O) groups excluding carboxylic acids is 1. The highest BCUT2D eigenvalue weighted by molar-refractivity contribution is 6.02. The van der Waals surface area contributed by atoms with Crippen LogP contribution in [0.15, 0.2) is 17.3 Å². The third-order valence-electron chi connectivity index (χ3n) is 6.20. The van der Waals surface area contributed by atoms with Gasteiger partial charge in [0.25, 0.3) is 0 Å². The van der Waals surface area contributed by atoms with Gasteiger partial charge in [-0.3, -0.25) is 9.80 Å². The lowest BCUT2D eigenvalue weighted by Crippen LogP contribution is -2.34. The second-order valence-corrected chi connectivity index (χ2v) is 8.26. The first-order chi connectivity index (χ1) is 13.3. The summed E-state index contributed by atoms with van der Waals surface area (Å²) in [5, 5.41) is 7.04. The molecule has 0 bridgehead atoms. The monoisotopic (exact) mass is 376 g/mol. The lowest BCUT2D eigenvalue weighted by atomic mass is 9.87. The molecule has 2 aliphatic carbocycles. The van der Waals surface area contributed by atoms with Crippen molar-refractivity contribution >= 4 is 11.7 Å². The predicted octanol–water partition coefficient (Wildman–Crippen LogP) is 4.32. The quantitative estimate of drug-likeness (QED) is 0.490. The standard InChI is InChI=1S/C22H36N2O3/c1-26-17-19-12-7-15-24(19)23-21-14-6-5-13-20(21)22(25)27-16-8-11-18-9-3-2-4-10-18/h8,11,18-20H,2-7,9-10,12-17H2,1H3/b11-8+,23-21+/t19-,20?/m0/s1. The molecule has 0 N–H and O–H groups in total. The van der Waals surface area contributed by atoms with Crippen LogP contribution in [0.2, 0.25) is 0 Å². The van der Waals surface area contributed by atoms with Gasteiger partial charge in [0.15, 0.2) is 0 Å². The van der Waals surface area contributed by atoms with Crippen molar-refractivity contribution in [1.29, 1.82) is 0 Å². The number of nitrogens with zero attached hydrogens (tertiary/aromatic N) is 2. The molecule has 152 valence electrons. The Hall–Kier alpha value is -1.36. The van der Waals surface area contributed by atoms with Crippen LogP contribution in [0, 0.1) is 11.8 Å². The Balaban J connectivity index is 1.52. The number of methoxy groups -OCH3 is 1. The van der Waals surface area contributed by atoms with E-state index < -0.39 is 0 Å². The van der Waals surface area contributed by atoms with E-state index in [1.165, 1.54) is 32.1 Å². The minimum Gasteiger partial charge on any atom is -0.461 e. The zero-order valence-electron chi connectivity index (χ0n) is 16.9. The van der Waals surface area contributed by atoms with Crippen LogP contribution in [0.3, 0.4) is 0 Å². The highest BCUT2D eigenvalue weighted by atomic mass is 16.5. The molecule has 1 saturated heterocycles. The van der Waals surface area contributed by atoms with Gasteiger partial charge in [0.1, 0.15) is 6.61 Å². The Morgan fingerprint density at radius 2 is 1.93 bits per heavy atom. The van der Waals surface area contributed by atoms with Crippen LogP contribution in [0.1, 0.15) is 70.6 Å². The second-order valence-electron chi connectivity index (χ2n) is 8.26. The molecule has 3 aliphatic rings. The van der Waals surface area contributed by atoms with Gasteiger partial charge in [0.2, 0.25) is 0 Å². The lowest BCUT2D eigenvalue weighted by molar-refractivity contribution is -0.145. The summed E-state index contributed by atoms with van der Waals surface area (Å²) in [6, 6.07) is 0.347. The van der Waals surface area contributed by atoms with Gasteiger partial charge in [0, 0.05) is 13.7 Å². The molecule has 0 aromatic carbocycles. The fourth-order valence-electron chi connectivity index (χ4n) is 4.65. The van der Waals surface area contributed by atoms with Crippen molar-refractivity contribution in [3.05, 3.63) is 12.2 Å². The van der Waals surface area contributed by atoms with E-state index in [0.717, 1.165) is 50.8 Å². The van der Waals surface area contributed by atoms with Gasteiger partial charge in [-0.25, -0.2) is 0 Å². The van der Waals surface area contributed by atoms with Crippen molar-refractivity contribution in [3.8, 4) is 0 Å². The van der Waals surface area contributed by atoms with Crippen LogP contribution in [0.4, 0.5) is 0 Å². The van der Waals surface area contributed by atoms with E-state index in [1.807, 2.05) is 6.08 Å². The highest BCUT2D eigenvalue weighted by Gasteiger charge is 2.31. The zero-order valence-corrected chi connectivity index (χ0v) is 16.9. The Labute approximate surface area is 164 Å². The van der Waals surface area contributed by atoms with Crippen molar-refractivity contribution < 1.29 is 14.3 Å². The topological polar surface area (TPSA) is 51.1 Å². The maximum absolute atomic E-state index is 12.7. The summed E-state index contributed by atoms with van der Waals surface area (Å²) in [5.41, 5.74) is 1.02. The van der Waals surface area contributed by atoms with Crippen molar-refractivity contribution in [3.63, 3.8) is 0 Å². The van der Waals surface area contributed by atoms with Gasteiger partial charge in [-0.1, -0.05) is 37.8 Å². The Morgan fingerprint density at radius 1 is 1.11 bits per heavy atom.